The van der Waals surface area contributed by atoms with E-state index >= 15 is 0 Å². The van der Waals surface area contributed by atoms with Crippen molar-refractivity contribution in [3.05, 3.63) is 0 Å². The highest BCUT2D eigenvalue weighted by atomic mass is 16.5. The first-order valence-corrected chi connectivity index (χ1v) is 16.0. The van der Waals surface area contributed by atoms with Crippen LogP contribution in [0, 0.1) is 5.92 Å². The van der Waals surface area contributed by atoms with Gasteiger partial charge >= 0.3 is 0 Å². The zero-order chi connectivity index (χ0) is 32.0. The summed E-state index contributed by atoms with van der Waals surface area (Å²) in [6.45, 7) is 3.40. The van der Waals surface area contributed by atoms with E-state index in [1.54, 1.807) is 21.3 Å². The number of methoxy groups -OCH3 is 3. The third-order valence-electron chi connectivity index (χ3n) is 7.03. The zero-order valence-corrected chi connectivity index (χ0v) is 27.0. The number of aliphatic hydroxyl groups excluding tert-OH is 1. The van der Waals surface area contributed by atoms with E-state index in [0.29, 0.717) is 65.1 Å². The molecule has 252 valence electrons. The van der Waals surface area contributed by atoms with Crippen LogP contribution < -0.4 is 21.3 Å². The molecule has 2 unspecified atom stereocenters. The molecule has 0 aliphatic heterocycles. The topological polar surface area (TPSA) is 164 Å². The van der Waals surface area contributed by atoms with Crippen LogP contribution in [0.4, 0.5) is 0 Å². The lowest BCUT2D eigenvalue weighted by Crippen LogP contribution is -2.39. The minimum Gasteiger partial charge on any atom is -0.396 e. The van der Waals surface area contributed by atoms with Crippen molar-refractivity contribution in [3.63, 3.8) is 0 Å². The lowest BCUT2D eigenvalue weighted by molar-refractivity contribution is -0.124. The molecule has 0 aromatic carbocycles. The van der Waals surface area contributed by atoms with Crippen molar-refractivity contribution in [1.82, 2.24) is 21.3 Å². The van der Waals surface area contributed by atoms with Gasteiger partial charge in [0.15, 0.2) is 0 Å². The number of unbranched alkanes of at least 4 members (excludes halogenated alkanes) is 4. The monoisotopic (exact) mass is 616 g/mol. The van der Waals surface area contributed by atoms with E-state index in [0.717, 1.165) is 57.8 Å². The number of aliphatic hydroxyl groups is 1. The quantitative estimate of drug-likeness (QED) is 0.0767. The average molecular weight is 617 g/mol. The van der Waals surface area contributed by atoms with Crippen molar-refractivity contribution >= 4 is 23.6 Å². The predicted molar refractivity (Wildman–Crippen MR) is 166 cm³/mol. The number of carbonyl (C=O) groups excluding carboxylic acids is 4. The number of hydrogen-bond acceptors (Lipinski definition) is 8. The molecule has 43 heavy (non-hydrogen) atoms. The highest BCUT2D eigenvalue weighted by Gasteiger charge is 2.17. The number of hydrogen-bond donors (Lipinski definition) is 5. The number of ether oxygens (including phenoxy) is 3. The van der Waals surface area contributed by atoms with Crippen molar-refractivity contribution in [1.29, 1.82) is 0 Å². The van der Waals surface area contributed by atoms with Crippen molar-refractivity contribution < 1.29 is 38.5 Å². The maximum Gasteiger partial charge on any atom is 0.222 e. The van der Waals surface area contributed by atoms with E-state index in [9.17, 15) is 24.3 Å². The summed E-state index contributed by atoms with van der Waals surface area (Å²) in [5.74, 6) is -0.167. The summed E-state index contributed by atoms with van der Waals surface area (Å²) in [5, 5.41) is 21.1. The zero-order valence-electron chi connectivity index (χ0n) is 27.0. The Morgan fingerprint density at radius 1 is 0.581 bits per heavy atom. The molecule has 4 amide bonds. The Kier molecular flexibility index (Phi) is 28.2. The molecule has 0 aromatic heterocycles. The Hall–Kier alpha value is -2.28. The molecule has 0 saturated carbocycles. The van der Waals surface area contributed by atoms with Gasteiger partial charge in [0.1, 0.15) is 0 Å². The van der Waals surface area contributed by atoms with Gasteiger partial charge in [-0.1, -0.05) is 6.42 Å². The van der Waals surface area contributed by atoms with E-state index in [-0.39, 0.29) is 55.0 Å². The fraction of sp³-hybridized carbons (Fsp3) is 0.871. The van der Waals surface area contributed by atoms with Gasteiger partial charge in [-0.3, -0.25) is 19.2 Å². The minimum atomic E-state index is -0.312. The molecule has 0 aliphatic carbocycles. The molecule has 0 bridgehead atoms. The van der Waals surface area contributed by atoms with Crippen LogP contribution in [0.1, 0.15) is 96.3 Å². The number of nitrogens with one attached hydrogen (secondary N) is 4. The number of amides is 4. The second kappa shape index (κ2) is 29.8. The first kappa shape index (κ1) is 40.7. The minimum absolute atomic E-state index is 0.0231. The second-order valence-electron chi connectivity index (χ2n) is 11.0. The van der Waals surface area contributed by atoms with Crippen LogP contribution in [0.3, 0.4) is 0 Å². The van der Waals surface area contributed by atoms with Gasteiger partial charge in [0.2, 0.25) is 23.6 Å². The maximum absolute atomic E-state index is 12.6. The predicted octanol–water partition coefficient (Wildman–Crippen LogP) is 2.22. The van der Waals surface area contributed by atoms with Crippen LogP contribution >= 0.6 is 0 Å². The van der Waals surface area contributed by atoms with Crippen LogP contribution in [-0.4, -0.2) is 102 Å². The van der Waals surface area contributed by atoms with E-state index in [2.05, 4.69) is 21.3 Å². The Morgan fingerprint density at radius 2 is 1.09 bits per heavy atom. The molecule has 2 atom stereocenters. The summed E-state index contributed by atoms with van der Waals surface area (Å²) in [4.78, 5) is 49.1. The average Bonchev–Trinajstić information content (AvgIpc) is 2.98. The Morgan fingerprint density at radius 3 is 1.63 bits per heavy atom. The van der Waals surface area contributed by atoms with Gasteiger partial charge < -0.3 is 40.6 Å². The van der Waals surface area contributed by atoms with Gasteiger partial charge in [-0.25, -0.2) is 0 Å². The number of rotatable bonds is 30. The molecule has 0 aromatic rings. The molecule has 0 fully saturated rings. The van der Waals surface area contributed by atoms with Gasteiger partial charge in [0.25, 0.3) is 0 Å². The fourth-order valence-electron chi connectivity index (χ4n) is 4.53. The normalized spacial score (nSPS) is 12.4. The molecule has 12 nitrogen and oxygen atoms in total. The molecule has 5 N–H and O–H groups in total. The molecule has 0 radical (unpaired) electrons. The van der Waals surface area contributed by atoms with Gasteiger partial charge in [-0.15, -0.1) is 0 Å². The van der Waals surface area contributed by atoms with Crippen LogP contribution in [0.15, 0.2) is 0 Å². The second-order valence-corrected chi connectivity index (χ2v) is 11.0. The molecule has 0 heterocycles. The summed E-state index contributed by atoms with van der Waals surface area (Å²) >= 11 is 0. The summed E-state index contributed by atoms with van der Waals surface area (Å²) in [6.07, 6.45) is 9.74. The number of carbonyl (C=O) groups is 4. The van der Waals surface area contributed by atoms with E-state index < -0.39 is 0 Å². The Bertz CT molecular complexity index is 726. The van der Waals surface area contributed by atoms with E-state index in [4.69, 9.17) is 14.2 Å². The van der Waals surface area contributed by atoms with Crippen molar-refractivity contribution in [2.75, 3.05) is 67.4 Å². The molecule has 0 aliphatic rings. The summed E-state index contributed by atoms with van der Waals surface area (Å²) in [6, 6.07) is -0.312. The summed E-state index contributed by atoms with van der Waals surface area (Å²) in [5.41, 5.74) is 0. The molecule has 0 rings (SSSR count). The highest BCUT2D eigenvalue weighted by Crippen LogP contribution is 2.09. The lowest BCUT2D eigenvalue weighted by Gasteiger charge is -2.19. The maximum atomic E-state index is 12.6. The van der Waals surface area contributed by atoms with Crippen molar-refractivity contribution in [2.24, 2.45) is 5.92 Å². The van der Waals surface area contributed by atoms with Crippen LogP contribution in [-0.2, 0) is 33.4 Å². The van der Waals surface area contributed by atoms with Crippen LogP contribution in [0.2, 0.25) is 0 Å². The van der Waals surface area contributed by atoms with Crippen molar-refractivity contribution in [2.45, 2.75) is 102 Å². The third-order valence-corrected chi connectivity index (χ3v) is 7.03. The van der Waals surface area contributed by atoms with Crippen molar-refractivity contribution in [3.8, 4) is 0 Å². The smallest absolute Gasteiger partial charge is 0.222 e. The summed E-state index contributed by atoms with van der Waals surface area (Å²) < 4.78 is 15.1. The third kappa shape index (κ3) is 27.0. The highest BCUT2D eigenvalue weighted by molar-refractivity contribution is 5.80. The van der Waals surface area contributed by atoms with Gasteiger partial charge in [0, 0.05) is 98.4 Å². The molecular formula is C31H60N4O8. The standard InChI is InChI=1S/C31H60N4O8/c1-41-21-10-6-15-28(37)32-18-9-5-14-27(23-31(40)34-19-8-4-13-26(24-36)25-43-3)35-30(39)17-12-20-33-29(38)16-7-11-22-42-2/h26-27,36H,4-25H2,1-3H3,(H,32,37)(H,33,38)(H,34,40)(H,35,39). The van der Waals surface area contributed by atoms with Gasteiger partial charge in [-0.2, -0.15) is 0 Å². The lowest BCUT2D eigenvalue weighted by atomic mass is 10.0. The van der Waals surface area contributed by atoms with Crippen LogP contribution in [0.25, 0.3) is 0 Å². The first-order valence-electron chi connectivity index (χ1n) is 16.0. The molecule has 0 saturated heterocycles. The Labute approximate surface area is 259 Å². The molecule has 12 heteroatoms. The van der Waals surface area contributed by atoms with Gasteiger partial charge in [-0.05, 0) is 64.2 Å². The van der Waals surface area contributed by atoms with Crippen LogP contribution in [0.5, 0.6) is 0 Å². The first-order chi connectivity index (χ1) is 20.9. The molecule has 0 spiro atoms. The molecular weight excluding hydrogens is 556 g/mol. The Balaban J connectivity index is 4.51. The van der Waals surface area contributed by atoms with Gasteiger partial charge in [0.05, 0.1) is 6.61 Å². The van der Waals surface area contributed by atoms with E-state index in [1.807, 2.05) is 0 Å². The fourth-order valence-corrected chi connectivity index (χ4v) is 4.53. The SMILES string of the molecule is COCCCCC(=O)NCCCCC(CC(=O)NCCCCC(CO)COC)NC(=O)CCCNC(=O)CCCCOC. The van der Waals surface area contributed by atoms with E-state index in [1.165, 1.54) is 0 Å². The summed E-state index contributed by atoms with van der Waals surface area (Å²) in [7, 11) is 4.90. The largest absolute Gasteiger partial charge is 0.396 e.